The molecule has 0 radical (unpaired) electrons. The van der Waals surface area contributed by atoms with Crippen LogP contribution in [0.2, 0.25) is 0 Å². The smallest absolute Gasteiger partial charge is 0.251 e. The number of nitrogens with one attached hydrogen (secondary N) is 1. The van der Waals surface area contributed by atoms with E-state index in [0.717, 1.165) is 25.0 Å². The Morgan fingerprint density at radius 1 is 1.45 bits per heavy atom. The van der Waals surface area contributed by atoms with Crippen LogP contribution in [0.15, 0.2) is 24.3 Å². The van der Waals surface area contributed by atoms with Gasteiger partial charge in [-0.3, -0.25) is 4.79 Å². The van der Waals surface area contributed by atoms with E-state index >= 15 is 0 Å². The van der Waals surface area contributed by atoms with E-state index in [2.05, 4.69) is 19.2 Å². The lowest BCUT2D eigenvalue weighted by molar-refractivity contribution is -0.189. The van der Waals surface area contributed by atoms with Crippen LogP contribution in [0.3, 0.4) is 0 Å². The topological polar surface area (TPSA) is 47.6 Å². The molecule has 2 aliphatic rings. The highest BCUT2D eigenvalue weighted by molar-refractivity contribution is 5.94. The van der Waals surface area contributed by atoms with E-state index in [9.17, 15) is 4.79 Å². The molecule has 1 saturated heterocycles. The van der Waals surface area contributed by atoms with Crippen molar-refractivity contribution in [1.82, 2.24) is 5.32 Å². The average Bonchev–Trinajstić information content (AvgIpc) is 2.53. The molecule has 1 amide bonds. The van der Waals surface area contributed by atoms with Crippen molar-refractivity contribution in [2.45, 2.75) is 45.4 Å². The Hall–Kier alpha value is -1.39. The van der Waals surface area contributed by atoms with Crippen LogP contribution >= 0.6 is 0 Å². The van der Waals surface area contributed by atoms with Gasteiger partial charge in [0.15, 0.2) is 0 Å². The minimum atomic E-state index is 0.0000477. The van der Waals surface area contributed by atoms with Gasteiger partial charge < -0.3 is 14.8 Å². The van der Waals surface area contributed by atoms with Crippen molar-refractivity contribution in [3.05, 3.63) is 35.4 Å². The Labute approximate surface area is 132 Å². The van der Waals surface area contributed by atoms with Gasteiger partial charge in [0.05, 0.1) is 12.7 Å². The number of hydrogen-bond acceptors (Lipinski definition) is 3. The summed E-state index contributed by atoms with van der Waals surface area (Å²) < 4.78 is 11.0. The van der Waals surface area contributed by atoms with Gasteiger partial charge in [0.1, 0.15) is 0 Å². The summed E-state index contributed by atoms with van der Waals surface area (Å²) in [4.78, 5) is 12.6. The molecule has 0 unspecified atom stereocenters. The van der Waals surface area contributed by atoms with E-state index in [-0.39, 0.29) is 23.5 Å². The maximum Gasteiger partial charge on any atom is 0.251 e. The first-order valence-electron chi connectivity index (χ1n) is 8.04. The number of methoxy groups -OCH3 is 1. The first-order valence-corrected chi connectivity index (χ1v) is 8.04. The van der Waals surface area contributed by atoms with E-state index in [0.29, 0.717) is 18.1 Å². The number of carbonyl (C=O) groups is 1. The highest BCUT2D eigenvalue weighted by atomic mass is 16.5. The summed E-state index contributed by atoms with van der Waals surface area (Å²) in [6.07, 6.45) is 2.52. The summed E-state index contributed by atoms with van der Waals surface area (Å²) >= 11 is 0. The zero-order chi connectivity index (χ0) is 15.7. The van der Waals surface area contributed by atoms with E-state index < -0.39 is 0 Å². The number of amides is 1. The molecule has 1 heterocycles. The van der Waals surface area contributed by atoms with Crippen molar-refractivity contribution in [3.63, 3.8) is 0 Å². The van der Waals surface area contributed by atoms with Crippen LogP contribution in [-0.2, 0) is 16.1 Å². The highest BCUT2D eigenvalue weighted by Crippen LogP contribution is 2.51. The molecule has 1 aliphatic carbocycles. The Kier molecular flexibility index (Phi) is 4.24. The minimum absolute atomic E-state index is 0.0000477. The van der Waals surface area contributed by atoms with Crippen LogP contribution in [0.1, 0.15) is 42.6 Å². The van der Waals surface area contributed by atoms with Gasteiger partial charge in [-0.2, -0.15) is 0 Å². The molecule has 22 heavy (non-hydrogen) atoms. The number of hydrogen-bond donors (Lipinski definition) is 1. The Bertz CT molecular complexity index is 555. The second kappa shape index (κ2) is 6.01. The minimum Gasteiger partial charge on any atom is -0.380 e. The fourth-order valence-electron chi connectivity index (χ4n) is 4.01. The molecule has 2 fully saturated rings. The molecule has 3 atom stereocenters. The summed E-state index contributed by atoms with van der Waals surface area (Å²) in [7, 11) is 1.66. The summed E-state index contributed by atoms with van der Waals surface area (Å²) in [5, 5.41) is 3.23. The molecule has 4 nitrogen and oxygen atoms in total. The standard InChI is InChI=1S/C18H25NO3/c1-18(2)15(14-8-5-9-22-16(14)18)19-17(20)13-7-4-6-12(10-13)11-21-3/h4,6-7,10,14-16H,5,8-9,11H2,1-3H3,(H,19,20)/t14-,15-,16+/m1/s1. The number of rotatable bonds is 4. The average molecular weight is 303 g/mol. The molecule has 0 spiro atoms. The van der Waals surface area contributed by atoms with Crippen LogP contribution in [0.4, 0.5) is 0 Å². The second-order valence-corrected chi connectivity index (χ2v) is 7.00. The maximum atomic E-state index is 12.6. The van der Waals surface area contributed by atoms with E-state index in [4.69, 9.17) is 9.47 Å². The fourth-order valence-corrected chi connectivity index (χ4v) is 4.01. The van der Waals surface area contributed by atoms with Crippen molar-refractivity contribution in [1.29, 1.82) is 0 Å². The molecular formula is C18H25NO3. The zero-order valence-corrected chi connectivity index (χ0v) is 13.6. The molecule has 3 rings (SSSR count). The molecule has 0 aromatic heterocycles. The van der Waals surface area contributed by atoms with Gasteiger partial charge in [0, 0.05) is 36.7 Å². The van der Waals surface area contributed by atoms with E-state index in [1.807, 2.05) is 24.3 Å². The molecule has 4 heteroatoms. The third-order valence-corrected chi connectivity index (χ3v) is 5.12. The highest BCUT2D eigenvalue weighted by Gasteiger charge is 2.58. The fraction of sp³-hybridized carbons (Fsp3) is 0.611. The van der Waals surface area contributed by atoms with Gasteiger partial charge in [0.2, 0.25) is 0 Å². The van der Waals surface area contributed by atoms with Crippen LogP contribution in [0, 0.1) is 11.3 Å². The normalized spacial score (nSPS) is 29.3. The number of ether oxygens (including phenoxy) is 2. The Balaban J connectivity index is 1.70. The lowest BCUT2D eigenvalue weighted by Gasteiger charge is -2.59. The second-order valence-electron chi connectivity index (χ2n) is 7.00. The third kappa shape index (κ3) is 2.66. The van der Waals surface area contributed by atoms with Crippen LogP contribution in [-0.4, -0.2) is 31.8 Å². The molecule has 1 N–H and O–H groups in total. The van der Waals surface area contributed by atoms with Gasteiger partial charge >= 0.3 is 0 Å². The van der Waals surface area contributed by atoms with Gasteiger partial charge in [-0.1, -0.05) is 26.0 Å². The summed E-state index contributed by atoms with van der Waals surface area (Å²) in [5.74, 6) is 0.454. The van der Waals surface area contributed by atoms with Crippen molar-refractivity contribution >= 4 is 5.91 Å². The van der Waals surface area contributed by atoms with Gasteiger partial charge in [-0.15, -0.1) is 0 Å². The molecule has 1 aromatic rings. The molecular weight excluding hydrogens is 278 g/mol. The first kappa shape index (κ1) is 15.5. The molecule has 1 saturated carbocycles. The SMILES string of the molecule is COCc1cccc(C(=O)N[C@@H]2[C@H]3CCCO[C@@H]3C2(C)C)c1. The monoisotopic (exact) mass is 303 g/mol. The molecule has 1 aliphatic heterocycles. The lowest BCUT2D eigenvalue weighted by atomic mass is 9.55. The first-order chi connectivity index (χ1) is 10.5. The summed E-state index contributed by atoms with van der Waals surface area (Å²) in [5.41, 5.74) is 1.72. The maximum absolute atomic E-state index is 12.6. The van der Waals surface area contributed by atoms with Crippen molar-refractivity contribution < 1.29 is 14.3 Å². The number of fused-ring (bicyclic) bond motifs is 1. The molecule has 1 aromatic carbocycles. The van der Waals surface area contributed by atoms with Crippen LogP contribution in [0.5, 0.6) is 0 Å². The Morgan fingerprint density at radius 3 is 3.05 bits per heavy atom. The van der Waals surface area contributed by atoms with Crippen molar-refractivity contribution in [2.24, 2.45) is 11.3 Å². The van der Waals surface area contributed by atoms with Gasteiger partial charge in [-0.25, -0.2) is 0 Å². The zero-order valence-electron chi connectivity index (χ0n) is 13.6. The largest absolute Gasteiger partial charge is 0.380 e. The summed E-state index contributed by atoms with van der Waals surface area (Å²) in [6.45, 7) is 5.75. The Morgan fingerprint density at radius 2 is 2.27 bits per heavy atom. The quantitative estimate of drug-likeness (QED) is 0.930. The van der Waals surface area contributed by atoms with Crippen LogP contribution < -0.4 is 5.32 Å². The predicted octanol–water partition coefficient (Wildman–Crippen LogP) is 2.77. The lowest BCUT2D eigenvalue weighted by Crippen LogP contribution is -2.70. The van der Waals surface area contributed by atoms with E-state index in [1.165, 1.54) is 0 Å². The van der Waals surface area contributed by atoms with Crippen LogP contribution in [0.25, 0.3) is 0 Å². The molecule has 0 bridgehead atoms. The van der Waals surface area contributed by atoms with Gasteiger partial charge in [0.25, 0.3) is 5.91 Å². The molecule has 120 valence electrons. The van der Waals surface area contributed by atoms with Crippen molar-refractivity contribution in [2.75, 3.05) is 13.7 Å². The predicted molar refractivity (Wildman–Crippen MR) is 84.7 cm³/mol. The van der Waals surface area contributed by atoms with E-state index in [1.54, 1.807) is 7.11 Å². The third-order valence-electron chi connectivity index (χ3n) is 5.12. The van der Waals surface area contributed by atoms with Gasteiger partial charge in [-0.05, 0) is 30.5 Å². The number of carbonyl (C=O) groups excluding carboxylic acids is 1. The van der Waals surface area contributed by atoms with Crippen molar-refractivity contribution in [3.8, 4) is 0 Å². The number of benzene rings is 1. The summed E-state index contributed by atoms with van der Waals surface area (Å²) in [6, 6.07) is 7.82.